The molecular weight excluding hydrogens is 191 g/mol. The molecule has 0 atom stereocenters. The van der Waals surface area contributed by atoms with Gasteiger partial charge >= 0.3 is 0 Å². The number of rotatable bonds is 2. The number of hydrogen-bond acceptors (Lipinski definition) is 1. The molecule has 0 radical (unpaired) electrons. The van der Waals surface area contributed by atoms with Crippen LogP contribution in [-0.4, -0.2) is 7.11 Å². The standard InChI is InChI=1S/C10H12ClFO/c1-6(2)7-4-5-8(13-3)10(12)9(7)11/h4-6H,1-3H3. The van der Waals surface area contributed by atoms with Crippen molar-refractivity contribution in [3.8, 4) is 5.75 Å². The third kappa shape index (κ3) is 1.94. The lowest BCUT2D eigenvalue weighted by molar-refractivity contribution is 0.386. The molecule has 0 bridgehead atoms. The first-order chi connectivity index (χ1) is 6.07. The Labute approximate surface area is 82.5 Å². The molecule has 1 aromatic rings. The van der Waals surface area contributed by atoms with Gasteiger partial charge in [0, 0.05) is 0 Å². The van der Waals surface area contributed by atoms with Gasteiger partial charge < -0.3 is 4.74 Å². The number of benzene rings is 1. The smallest absolute Gasteiger partial charge is 0.183 e. The molecule has 0 saturated carbocycles. The van der Waals surface area contributed by atoms with Gasteiger partial charge in [0.15, 0.2) is 11.6 Å². The van der Waals surface area contributed by atoms with Crippen molar-refractivity contribution in [3.63, 3.8) is 0 Å². The Morgan fingerprint density at radius 1 is 1.38 bits per heavy atom. The molecule has 0 amide bonds. The van der Waals surface area contributed by atoms with Crippen LogP contribution in [0.3, 0.4) is 0 Å². The van der Waals surface area contributed by atoms with E-state index in [4.69, 9.17) is 16.3 Å². The van der Waals surface area contributed by atoms with Crippen LogP contribution < -0.4 is 4.74 Å². The van der Waals surface area contributed by atoms with E-state index in [0.717, 1.165) is 5.56 Å². The Morgan fingerprint density at radius 3 is 2.46 bits per heavy atom. The van der Waals surface area contributed by atoms with Gasteiger partial charge in [-0.3, -0.25) is 0 Å². The quantitative estimate of drug-likeness (QED) is 0.712. The van der Waals surface area contributed by atoms with Gasteiger partial charge in [0.05, 0.1) is 12.1 Å². The van der Waals surface area contributed by atoms with Crippen LogP contribution in [0.4, 0.5) is 4.39 Å². The van der Waals surface area contributed by atoms with Crippen LogP contribution >= 0.6 is 11.6 Å². The van der Waals surface area contributed by atoms with Crippen molar-refractivity contribution in [2.75, 3.05) is 7.11 Å². The molecule has 1 nitrogen and oxygen atoms in total. The largest absolute Gasteiger partial charge is 0.494 e. The summed E-state index contributed by atoms with van der Waals surface area (Å²) >= 11 is 5.82. The monoisotopic (exact) mass is 202 g/mol. The average Bonchev–Trinajstić information content (AvgIpc) is 2.09. The summed E-state index contributed by atoms with van der Waals surface area (Å²) in [6.45, 7) is 3.93. The summed E-state index contributed by atoms with van der Waals surface area (Å²) in [5.41, 5.74) is 0.806. The van der Waals surface area contributed by atoms with Crippen molar-refractivity contribution >= 4 is 11.6 Å². The molecule has 0 unspecified atom stereocenters. The summed E-state index contributed by atoms with van der Waals surface area (Å²) < 4.78 is 18.2. The molecule has 0 saturated heterocycles. The van der Waals surface area contributed by atoms with E-state index < -0.39 is 5.82 Å². The van der Waals surface area contributed by atoms with Crippen LogP contribution in [0.5, 0.6) is 5.75 Å². The van der Waals surface area contributed by atoms with Crippen molar-refractivity contribution < 1.29 is 9.13 Å². The van der Waals surface area contributed by atoms with Crippen LogP contribution in [0.25, 0.3) is 0 Å². The SMILES string of the molecule is COc1ccc(C(C)C)c(Cl)c1F. The lowest BCUT2D eigenvalue weighted by atomic mass is 10.0. The van der Waals surface area contributed by atoms with Gasteiger partial charge in [0.25, 0.3) is 0 Å². The second kappa shape index (κ2) is 3.97. The van der Waals surface area contributed by atoms with E-state index in [0.29, 0.717) is 0 Å². The van der Waals surface area contributed by atoms with Gasteiger partial charge in [0.1, 0.15) is 0 Å². The second-order valence-corrected chi connectivity index (χ2v) is 3.52. The number of ether oxygens (including phenoxy) is 1. The molecule has 0 heterocycles. The van der Waals surface area contributed by atoms with Gasteiger partial charge in [-0.2, -0.15) is 0 Å². The normalized spacial score (nSPS) is 10.6. The number of methoxy groups -OCH3 is 1. The summed E-state index contributed by atoms with van der Waals surface area (Å²) in [5.74, 6) is -0.0716. The van der Waals surface area contributed by atoms with E-state index in [-0.39, 0.29) is 16.7 Å². The highest BCUT2D eigenvalue weighted by molar-refractivity contribution is 6.31. The van der Waals surface area contributed by atoms with Gasteiger partial charge in [0.2, 0.25) is 0 Å². The first-order valence-electron chi connectivity index (χ1n) is 4.09. The lowest BCUT2D eigenvalue weighted by Crippen LogP contribution is -1.95. The zero-order chi connectivity index (χ0) is 10.0. The topological polar surface area (TPSA) is 9.23 Å². The molecule has 0 spiro atoms. The fraction of sp³-hybridized carbons (Fsp3) is 0.400. The highest BCUT2D eigenvalue weighted by Crippen LogP contribution is 2.31. The minimum atomic E-state index is -0.477. The molecular formula is C10H12ClFO. The van der Waals surface area contributed by atoms with Crippen LogP contribution in [0.1, 0.15) is 25.3 Å². The van der Waals surface area contributed by atoms with Crippen molar-refractivity contribution in [1.82, 2.24) is 0 Å². The molecule has 3 heteroatoms. The maximum absolute atomic E-state index is 13.4. The molecule has 0 fully saturated rings. The van der Waals surface area contributed by atoms with Crippen molar-refractivity contribution in [2.45, 2.75) is 19.8 Å². The third-order valence-corrected chi connectivity index (χ3v) is 2.30. The van der Waals surface area contributed by atoms with Gasteiger partial charge in [-0.05, 0) is 17.5 Å². The Bertz CT molecular complexity index is 310. The first-order valence-corrected chi connectivity index (χ1v) is 4.47. The van der Waals surface area contributed by atoms with E-state index in [2.05, 4.69) is 0 Å². The predicted octanol–water partition coefficient (Wildman–Crippen LogP) is 3.61. The molecule has 0 aromatic heterocycles. The van der Waals surface area contributed by atoms with Crippen molar-refractivity contribution in [1.29, 1.82) is 0 Å². The van der Waals surface area contributed by atoms with E-state index in [9.17, 15) is 4.39 Å². The molecule has 0 N–H and O–H groups in total. The Kier molecular flexibility index (Phi) is 3.15. The van der Waals surface area contributed by atoms with E-state index >= 15 is 0 Å². The maximum Gasteiger partial charge on any atom is 0.183 e. The lowest BCUT2D eigenvalue weighted by Gasteiger charge is -2.10. The summed E-state index contributed by atoms with van der Waals surface area (Å²) in [4.78, 5) is 0. The summed E-state index contributed by atoms with van der Waals surface area (Å²) in [7, 11) is 1.42. The Hall–Kier alpha value is -0.760. The fourth-order valence-electron chi connectivity index (χ4n) is 1.15. The van der Waals surface area contributed by atoms with Crippen LogP contribution in [0.15, 0.2) is 12.1 Å². The van der Waals surface area contributed by atoms with Crippen molar-refractivity contribution in [3.05, 3.63) is 28.5 Å². The molecule has 0 aliphatic rings. The van der Waals surface area contributed by atoms with E-state index in [1.807, 2.05) is 13.8 Å². The highest BCUT2D eigenvalue weighted by Gasteiger charge is 2.13. The third-order valence-electron chi connectivity index (χ3n) is 1.92. The Balaban J connectivity index is 3.23. The maximum atomic E-state index is 13.4. The van der Waals surface area contributed by atoms with Gasteiger partial charge in [-0.25, -0.2) is 4.39 Å². The summed E-state index contributed by atoms with van der Waals surface area (Å²) in [6.07, 6.45) is 0. The summed E-state index contributed by atoms with van der Waals surface area (Å²) in [5, 5.41) is 0.161. The first kappa shape index (κ1) is 10.3. The molecule has 72 valence electrons. The highest BCUT2D eigenvalue weighted by atomic mass is 35.5. The van der Waals surface area contributed by atoms with E-state index in [1.165, 1.54) is 7.11 Å². The predicted molar refractivity (Wildman–Crippen MR) is 52.1 cm³/mol. The zero-order valence-electron chi connectivity index (χ0n) is 7.90. The average molecular weight is 203 g/mol. The molecule has 0 aliphatic heterocycles. The molecule has 13 heavy (non-hydrogen) atoms. The minimum absolute atomic E-state index is 0.161. The van der Waals surface area contributed by atoms with Crippen LogP contribution in [-0.2, 0) is 0 Å². The second-order valence-electron chi connectivity index (χ2n) is 3.14. The molecule has 0 aliphatic carbocycles. The van der Waals surface area contributed by atoms with Crippen molar-refractivity contribution in [2.24, 2.45) is 0 Å². The molecule has 1 aromatic carbocycles. The fourth-order valence-corrected chi connectivity index (χ4v) is 1.52. The molecule has 1 rings (SSSR count). The zero-order valence-corrected chi connectivity index (χ0v) is 8.65. The van der Waals surface area contributed by atoms with Gasteiger partial charge in [-0.1, -0.05) is 31.5 Å². The Morgan fingerprint density at radius 2 is 2.00 bits per heavy atom. The van der Waals surface area contributed by atoms with Crippen LogP contribution in [0.2, 0.25) is 5.02 Å². The van der Waals surface area contributed by atoms with E-state index in [1.54, 1.807) is 12.1 Å². The minimum Gasteiger partial charge on any atom is -0.494 e. The van der Waals surface area contributed by atoms with Gasteiger partial charge in [-0.15, -0.1) is 0 Å². The number of halogens is 2. The van der Waals surface area contributed by atoms with Crippen LogP contribution in [0, 0.1) is 5.82 Å². The summed E-state index contributed by atoms with van der Waals surface area (Å²) in [6, 6.07) is 3.38. The number of hydrogen-bond donors (Lipinski definition) is 0.